The van der Waals surface area contributed by atoms with Crippen LogP contribution in [-0.2, 0) is 4.79 Å². The Morgan fingerprint density at radius 3 is 2.64 bits per heavy atom. The lowest BCUT2D eigenvalue weighted by Crippen LogP contribution is -2.32. The van der Waals surface area contributed by atoms with Gasteiger partial charge in [-0.05, 0) is 38.5 Å². The van der Waals surface area contributed by atoms with Crippen molar-refractivity contribution in [1.29, 1.82) is 0 Å². The van der Waals surface area contributed by atoms with Gasteiger partial charge in [-0.1, -0.05) is 12.1 Å². The first-order valence-electron chi connectivity index (χ1n) is 9.23. The summed E-state index contributed by atoms with van der Waals surface area (Å²) >= 11 is 0. The van der Waals surface area contributed by atoms with Crippen LogP contribution in [0.3, 0.4) is 0 Å². The topological polar surface area (TPSA) is 85.8 Å². The number of anilines is 1. The summed E-state index contributed by atoms with van der Waals surface area (Å²) in [4.78, 5) is 18.1. The Morgan fingerprint density at radius 2 is 2.00 bits per heavy atom. The number of aromatic nitrogens is 3. The Balaban J connectivity index is 1.79. The summed E-state index contributed by atoms with van der Waals surface area (Å²) in [6, 6.07) is 10.0. The molecule has 0 unspecified atom stereocenters. The summed E-state index contributed by atoms with van der Waals surface area (Å²) in [5, 5.41) is 4.81. The van der Waals surface area contributed by atoms with E-state index >= 15 is 0 Å². The van der Waals surface area contributed by atoms with E-state index in [4.69, 9.17) is 15.6 Å². The molecule has 144 valence electrons. The fourth-order valence-electron chi connectivity index (χ4n) is 3.78. The quantitative estimate of drug-likeness (QED) is 0.755. The fourth-order valence-corrected chi connectivity index (χ4v) is 3.78. The normalized spacial score (nSPS) is 14.2. The van der Waals surface area contributed by atoms with E-state index in [9.17, 15) is 4.79 Å². The van der Waals surface area contributed by atoms with Crippen molar-refractivity contribution in [2.75, 3.05) is 25.1 Å². The summed E-state index contributed by atoms with van der Waals surface area (Å²) < 4.78 is 7.19. The van der Waals surface area contributed by atoms with Gasteiger partial charge in [0.05, 0.1) is 35.4 Å². The number of nitrogens with two attached hydrogens (primary N) is 1. The molecule has 2 N–H and O–H groups in total. The van der Waals surface area contributed by atoms with Crippen LogP contribution in [-0.4, -0.2) is 40.7 Å². The van der Waals surface area contributed by atoms with Gasteiger partial charge in [0.1, 0.15) is 0 Å². The van der Waals surface area contributed by atoms with Gasteiger partial charge in [0.2, 0.25) is 11.8 Å². The van der Waals surface area contributed by atoms with E-state index < -0.39 is 0 Å². The van der Waals surface area contributed by atoms with E-state index in [-0.39, 0.29) is 5.91 Å². The van der Waals surface area contributed by atoms with Crippen molar-refractivity contribution >= 4 is 17.1 Å². The molecular formula is C21H23N5O2. The second kappa shape index (κ2) is 6.99. The largest absolute Gasteiger partial charge is 0.481 e. The predicted molar refractivity (Wildman–Crippen MR) is 109 cm³/mol. The van der Waals surface area contributed by atoms with Crippen molar-refractivity contribution in [3.8, 4) is 17.1 Å². The summed E-state index contributed by atoms with van der Waals surface area (Å²) in [5.41, 5.74) is 12.0. The molecule has 0 atom stereocenters. The van der Waals surface area contributed by atoms with Crippen LogP contribution in [0.1, 0.15) is 17.8 Å². The Kier molecular flexibility index (Phi) is 4.50. The van der Waals surface area contributed by atoms with Crippen LogP contribution in [0.4, 0.5) is 5.69 Å². The third-order valence-electron chi connectivity index (χ3n) is 5.19. The van der Waals surface area contributed by atoms with Gasteiger partial charge in [0.25, 0.3) is 0 Å². The Morgan fingerprint density at radius 1 is 1.18 bits per heavy atom. The molecule has 0 bridgehead atoms. The summed E-state index contributed by atoms with van der Waals surface area (Å²) in [6.07, 6.45) is 2.56. The highest BCUT2D eigenvalue weighted by Crippen LogP contribution is 2.32. The molecule has 0 aromatic carbocycles. The third-order valence-corrected chi connectivity index (χ3v) is 5.19. The summed E-state index contributed by atoms with van der Waals surface area (Å²) in [7, 11) is 1.61. The Bertz CT molecular complexity index is 1100. The maximum atomic E-state index is 11.4. The molecule has 0 spiro atoms. The molecule has 28 heavy (non-hydrogen) atoms. The highest BCUT2D eigenvalue weighted by molar-refractivity contribution is 5.92. The number of amides is 1. The number of rotatable bonds is 4. The molecule has 0 fully saturated rings. The Labute approximate surface area is 163 Å². The number of fused-ring (bicyclic) bond motifs is 1. The maximum Gasteiger partial charge on any atom is 0.244 e. The van der Waals surface area contributed by atoms with E-state index in [2.05, 4.69) is 16.0 Å². The van der Waals surface area contributed by atoms with Crippen molar-refractivity contribution in [3.63, 3.8) is 0 Å². The molecule has 7 nitrogen and oxygen atoms in total. The lowest BCUT2D eigenvalue weighted by Gasteiger charge is -2.27. The number of primary amides is 1. The minimum Gasteiger partial charge on any atom is -0.481 e. The van der Waals surface area contributed by atoms with Crippen LogP contribution in [0.25, 0.3) is 16.8 Å². The zero-order valence-corrected chi connectivity index (χ0v) is 16.3. The SMILES string of the molecule is COc1ccc(-c2cccc3c(N4CC=C(C(N)=O)CC4)c(C)nn23)c(C)n1. The van der Waals surface area contributed by atoms with Crippen molar-refractivity contribution in [2.24, 2.45) is 5.73 Å². The number of methoxy groups -OCH3 is 1. The standard InChI is InChI=1S/C21H23N5O2/c1-13-16(7-8-19(23-13)28-3)17-5-4-6-18-20(14(2)24-26(17)18)25-11-9-15(10-12-25)21(22)27/h4-9H,10-12H2,1-3H3,(H2,22,27). The second-order valence-corrected chi connectivity index (χ2v) is 6.92. The molecule has 1 aliphatic rings. The van der Waals surface area contributed by atoms with Gasteiger partial charge in [-0.25, -0.2) is 9.50 Å². The highest BCUT2D eigenvalue weighted by Gasteiger charge is 2.22. The van der Waals surface area contributed by atoms with E-state index in [1.807, 2.05) is 48.7 Å². The van der Waals surface area contributed by atoms with Crippen LogP contribution >= 0.6 is 0 Å². The molecule has 4 heterocycles. The van der Waals surface area contributed by atoms with Crippen LogP contribution in [0.2, 0.25) is 0 Å². The van der Waals surface area contributed by atoms with Crippen LogP contribution in [0, 0.1) is 13.8 Å². The first-order chi connectivity index (χ1) is 13.5. The number of hydrogen-bond donors (Lipinski definition) is 1. The van der Waals surface area contributed by atoms with E-state index in [1.54, 1.807) is 7.11 Å². The fraction of sp³-hybridized carbons (Fsp3) is 0.286. The lowest BCUT2D eigenvalue weighted by atomic mass is 10.1. The third kappa shape index (κ3) is 2.98. The molecular weight excluding hydrogens is 354 g/mol. The van der Waals surface area contributed by atoms with Crippen LogP contribution in [0.5, 0.6) is 5.88 Å². The number of carbonyl (C=O) groups is 1. The molecule has 4 rings (SSSR count). The summed E-state index contributed by atoms with van der Waals surface area (Å²) in [5.74, 6) is 0.261. The molecule has 0 saturated heterocycles. The maximum absolute atomic E-state index is 11.4. The van der Waals surface area contributed by atoms with Gasteiger partial charge in [-0.3, -0.25) is 4.79 Å². The average molecular weight is 377 g/mol. The van der Waals surface area contributed by atoms with Crippen LogP contribution in [0.15, 0.2) is 42.0 Å². The number of hydrogen-bond acceptors (Lipinski definition) is 5. The Hall–Kier alpha value is -3.35. The van der Waals surface area contributed by atoms with E-state index in [0.29, 0.717) is 24.4 Å². The van der Waals surface area contributed by atoms with Gasteiger partial charge in [0, 0.05) is 30.3 Å². The number of ether oxygens (including phenoxy) is 1. The molecule has 3 aromatic heterocycles. The minimum atomic E-state index is -0.332. The smallest absolute Gasteiger partial charge is 0.244 e. The number of pyridine rings is 2. The molecule has 3 aromatic rings. The van der Waals surface area contributed by atoms with Gasteiger partial charge in [-0.15, -0.1) is 0 Å². The first kappa shape index (κ1) is 18.0. The van der Waals surface area contributed by atoms with Gasteiger partial charge in [-0.2, -0.15) is 5.10 Å². The highest BCUT2D eigenvalue weighted by atomic mass is 16.5. The number of nitrogens with zero attached hydrogens (tertiary/aromatic N) is 4. The van der Waals surface area contributed by atoms with Crippen molar-refractivity contribution < 1.29 is 9.53 Å². The molecule has 1 aliphatic heterocycles. The van der Waals surface area contributed by atoms with Crippen LogP contribution < -0.4 is 15.4 Å². The summed E-state index contributed by atoms with van der Waals surface area (Å²) in [6.45, 7) is 5.37. The second-order valence-electron chi connectivity index (χ2n) is 6.92. The monoisotopic (exact) mass is 377 g/mol. The van der Waals surface area contributed by atoms with Gasteiger partial charge in [0.15, 0.2) is 0 Å². The number of aryl methyl sites for hydroxylation is 2. The number of carbonyl (C=O) groups excluding carboxylic acids is 1. The zero-order valence-electron chi connectivity index (χ0n) is 16.3. The van der Waals surface area contributed by atoms with E-state index in [1.165, 1.54) is 0 Å². The van der Waals surface area contributed by atoms with Gasteiger partial charge < -0.3 is 15.4 Å². The van der Waals surface area contributed by atoms with Gasteiger partial charge >= 0.3 is 0 Å². The first-order valence-corrected chi connectivity index (χ1v) is 9.23. The zero-order chi connectivity index (χ0) is 19.8. The molecule has 0 radical (unpaired) electrons. The molecule has 7 heteroatoms. The van der Waals surface area contributed by atoms with Crippen molar-refractivity contribution in [1.82, 2.24) is 14.6 Å². The molecule has 0 aliphatic carbocycles. The molecule has 0 saturated carbocycles. The average Bonchev–Trinajstić information content (AvgIpc) is 3.04. The predicted octanol–water partition coefficient (Wildman–Crippen LogP) is 2.64. The van der Waals surface area contributed by atoms with E-state index in [0.717, 1.165) is 40.4 Å². The van der Waals surface area contributed by atoms with Crippen molar-refractivity contribution in [3.05, 3.63) is 53.4 Å². The minimum absolute atomic E-state index is 0.332. The molecule has 1 amide bonds. The lowest BCUT2D eigenvalue weighted by molar-refractivity contribution is -0.114. The van der Waals surface area contributed by atoms with Crippen molar-refractivity contribution in [2.45, 2.75) is 20.3 Å².